The second kappa shape index (κ2) is 7.76. The van der Waals surface area contributed by atoms with Crippen LogP contribution in [0.2, 0.25) is 0 Å². The number of fused-ring (bicyclic) bond motifs is 1. The Kier molecular flexibility index (Phi) is 5.42. The van der Waals surface area contributed by atoms with Gasteiger partial charge >= 0.3 is 5.97 Å². The van der Waals surface area contributed by atoms with E-state index in [2.05, 4.69) is 10.3 Å². The van der Waals surface area contributed by atoms with Crippen molar-refractivity contribution in [3.63, 3.8) is 0 Å². The fourth-order valence-electron chi connectivity index (χ4n) is 2.76. The number of pyridine rings is 1. The summed E-state index contributed by atoms with van der Waals surface area (Å²) in [7, 11) is 0. The molecule has 2 aromatic carbocycles. The summed E-state index contributed by atoms with van der Waals surface area (Å²) in [6, 6.07) is 16.9. The van der Waals surface area contributed by atoms with Gasteiger partial charge in [-0.25, -0.2) is 4.79 Å². The molecule has 5 heteroatoms. The monoisotopic (exact) mass is 364 g/mol. The molecule has 0 saturated carbocycles. The Morgan fingerprint density at radius 1 is 1.04 bits per heavy atom. The van der Waals surface area contributed by atoms with Crippen LogP contribution in [0.4, 0.5) is 0 Å². The Balaban J connectivity index is 1.60. The van der Waals surface area contributed by atoms with E-state index >= 15 is 0 Å². The third-order valence-corrected chi connectivity index (χ3v) is 4.06. The Hall–Kier alpha value is -2.92. The van der Waals surface area contributed by atoms with Crippen LogP contribution in [0.1, 0.15) is 42.3 Å². The maximum absolute atomic E-state index is 12.2. The molecule has 0 saturated heterocycles. The van der Waals surface area contributed by atoms with Crippen LogP contribution < -0.4 is 10.9 Å². The van der Waals surface area contributed by atoms with Crippen molar-refractivity contribution in [3.8, 4) is 0 Å². The highest BCUT2D eigenvalue weighted by Crippen LogP contribution is 2.13. The van der Waals surface area contributed by atoms with E-state index in [0.717, 1.165) is 16.5 Å². The molecule has 1 heterocycles. The van der Waals surface area contributed by atoms with Gasteiger partial charge in [-0.05, 0) is 56.0 Å². The molecule has 27 heavy (non-hydrogen) atoms. The summed E-state index contributed by atoms with van der Waals surface area (Å²) in [5, 5.41) is 4.28. The van der Waals surface area contributed by atoms with Gasteiger partial charge in [-0.1, -0.05) is 30.3 Å². The molecule has 0 aliphatic heterocycles. The third-order valence-electron chi connectivity index (χ3n) is 4.06. The maximum atomic E-state index is 12.2. The minimum absolute atomic E-state index is 0.0820. The number of H-pyrrole nitrogens is 1. The van der Waals surface area contributed by atoms with Gasteiger partial charge in [0.25, 0.3) is 5.56 Å². The van der Waals surface area contributed by atoms with Gasteiger partial charge < -0.3 is 15.0 Å². The summed E-state index contributed by atoms with van der Waals surface area (Å²) in [6.07, 6.45) is 0. The first kappa shape index (κ1) is 18.9. The number of para-hydroxylation sites is 1. The van der Waals surface area contributed by atoms with Crippen molar-refractivity contribution < 1.29 is 9.53 Å². The topological polar surface area (TPSA) is 71.2 Å². The second-order valence-corrected chi connectivity index (χ2v) is 7.51. The molecule has 0 aliphatic carbocycles. The van der Waals surface area contributed by atoms with Crippen LogP contribution in [0.5, 0.6) is 0 Å². The van der Waals surface area contributed by atoms with Crippen molar-refractivity contribution in [2.45, 2.75) is 39.5 Å². The Morgan fingerprint density at radius 2 is 1.74 bits per heavy atom. The fraction of sp³-hybridized carbons (Fsp3) is 0.273. The molecule has 1 aromatic heterocycles. The van der Waals surface area contributed by atoms with Crippen molar-refractivity contribution >= 4 is 16.9 Å². The highest BCUT2D eigenvalue weighted by molar-refractivity contribution is 5.89. The van der Waals surface area contributed by atoms with Crippen LogP contribution >= 0.6 is 0 Å². The van der Waals surface area contributed by atoms with Gasteiger partial charge in [0.05, 0.1) is 5.56 Å². The van der Waals surface area contributed by atoms with Crippen molar-refractivity contribution in [1.29, 1.82) is 0 Å². The number of aromatic nitrogens is 1. The van der Waals surface area contributed by atoms with Crippen LogP contribution in [0, 0.1) is 0 Å². The highest BCUT2D eigenvalue weighted by atomic mass is 16.6. The molecule has 2 N–H and O–H groups in total. The minimum Gasteiger partial charge on any atom is -0.456 e. The third kappa shape index (κ3) is 5.05. The number of esters is 1. The van der Waals surface area contributed by atoms with Crippen LogP contribution in [-0.4, -0.2) is 16.6 Å². The Labute approximate surface area is 158 Å². The summed E-state index contributed by atoms with van der Waals surface area (Å²) < 4.78 is 5.36. The average molecular weight is 364 g/mol. The number of nitrogens with one attached hydrogen (secondary N) is 2. The first-order valence-electron chi connectivity index (χ1n) is 8.96. The summed E-state index contributed by atoms with van der Waals surface area (Å²) in [5.41, 5.74) is 2.49. The number of hydrogen-bond donors (Lipinski definition) is 2. The molecule has 0 amide bonds. The molecule has 0 unspecified atom stereocenters. The average Bonchev–Trinajstić information content (AvgIpc) is 2.61. The smallest absolute Gasteiger partial charge is 0.338 e. The fourth-order valence-corrected chi connectivity index (χ4v) is 2.76. The predicted octanol–water partition coefficient (Wildman–Crippen LogP) is 3.77. The number of hydrogen-bond acceptors (Lipinski definition) is 4. The zero-order valence-electron chi connectivity index (χ0n) is 15.8. The molecule has 5 nitrogen and oxygen atoms in total. The van der Waals surface area contributed by atoms with Gasteiger partial charge in [-0.15, -0.1) is 0 Å². The van der Waals surface area contributed by atoms with Crippen molar-refractivity contribution in [2.24, 2.45) is 0 Å². The Bertz CT molecular complexity index is 998. The number of carbonyl (C=O) groups excluding carboxylic acids is 1. The molecule has 0 atom stereocenters. The molecule has 0 radical (unpaired) electrons. The molecule has 3 aromatic rings. The summed E-state index contributed by atoms with van der Waals surface area (Å²) >= 11 is 0. The number of ether oxygens (including phenoxy) is 1. The van der Waals surface area contributed by atoms with Gasteiger partial charge in [0, 0.05) is 24.2 Å². The van der Waals surface area contributed by atoms with Gasteiger partial charge in [0.15, 0.2) is 0 Å². The molecular formula is C22H24N2O3. The standard InChI is InChI=1S/C22H24N2O3/c1-22(2,3)27-21(26)16-10-8-15(9-11-16)13-23-14-18-12-17-6-4-5-7-19(17)24-20(18)25/h4-12,23H,13-14H2,1-3H3,(H,24,25). The van der Waals surface area contributed by atoms with Crippen LogP contribution in [0.3, 0.4) is 0 Å². The van der Waals surface area contributed by atoms with E-state index in [1.165, 1.54) is 0 Å². The zero-order chi connectivity index (χ0) is 19.4. The lowest BCUT2D eigenvalue weighted by Crippen LogP contribution is -2.24. The number of aromatic amines is 1. The molecule has 140 valence electrons. The maximum Gasteiger partial charge on any atom is 0.338 e. The van der Waals surface area contributed by atoms with Gasteiger partial charge in [-0.3, -0.25) is 4.79 Å². The van der Waals surface area contributed by atoms with E-state index in [9.17, 15) is 9.59 Å². The van der Waals surface area contributed by atoms with E-state index in [4.69, 9.17) is 4.74 Å². The molecule has 0 bridgehead atoms. The number of rotatable bonds is 5. The summed E-state index contributed by atoms with van der Waals surface area (Å²) in [6.45, 7) is 6.60. The molecule has 3 rings (SSSR count). The molecule has 0 fully saturated rings. The number of benzene rings is 2. The van der Waals surface area contributed by atoms with Crippen LogP contribution in [0.15, 0.2) is 59.4 Å². The zero-order valence-corrected chi connectivity index (χ0v) is 15.8. The molecule has 0 spiro atoms. The van der Waals surface area contributed by atoms with E-state index in [1.807, 2.05) is 63.2 Å². The Morgan fingerprint density at radius 3 is 2.44 bits per heavy atom. The molecular weight excluding hydrogens is 340 g/mol. The molecule has 0 aliphatic rings. The lowest BCUT2D eigenvalue weighted by Gasteiger charge is -2.19. The van der Waals surface area contributed by atoms with Crippen LogP contribution in [-0.2, 0) is 17.8 Å². The van der Waals surface area contributed by atoms with E-state index in [0.29, 0.717) is 24.2 Å². The predicted molar refractivity (Wildman–Crippen MR) is 107 cm³/mol. The summed E-state index contributed by atoms with van der Waals surface area (Å²) in [4.78, 5) is 27.1. The summed E-state index contributed by atoms with van der Waals surface area (Å²) in [5.74, 6) is -0.329. The second-order valence-electron chi connectivity index (χ2n) is 7.51. The SMILES string of the molecule is CC(C)(C)OC(=O)c1ccc(CNCc2cc3ccccc3[nH]c2=O)cc1. The van der Waals surface area contributed by atoms with Gasteiger partial charge in [-0.2, -0.15) is 0 Å². The number of carbonyl (C=O) groups is 1. The van der Waals surface area contributed by atoms with E-state index < -0.39 is 5.60 Å². The first-order chi connectivity index (χ1) is 12.8. The van der Waals surface area contributed by atoms with E-state index in [-0.39, 0.29) is 11.5 Å². The van der Waals surface area contributed by atoms with Crippen molar-refractivity contribution in [2.75, 3.05) is 0 Å². The van der Waals surface area contributed by atoms with Crippen molar-refractivity contribution in [3.05, 3.63) is 81.6 Å². The first-order valence-corrected chi connectivity index (χ1v) is 8.96. The van der Waals surface area contributed by atoms with Gasteiger partial charge in [0.2, 0.25) is 0 Å². The minimum atomic E-state index is -0.510. The largest absolute Gasteiger partial charge is 0.456 e. The van der Waals surface area contributed by atoms with Gasteiger partial charge in [0.1, 0.15) is 5.60 Å². The highest BCUT2D eigenvalue weighted by Gasteiger charge is 2.17. The lowest BCUT2D eigenvalue weighted by molar-refractivity contribution is 0.00695. The lowest BCUT2D eigenvalue weighted by atomic mass is 10.1. The van der Waals surface area contributed by atoms with E-state index in [1.54, 1.807) is 12.1 Å². The quantitative estimate of drug-likeness (QED) is 0.676. The van der Waals surface area contributed by atoms with Crippen LogP contribution in [0.25, 0.3) is 10.9 Å². The normalized spacial score (nSPS) is 11.5. The van der Waals surface area contributed by atoms with Crippen molar-refractivity contribution in [1.82, 2.24) is 10.3 Å².